The smallest absolute Gasteiger partial charge is 0.340 e. The van der Waals surface area contributed by atoms with Crippen molar-refractivity contribution in [2.24, 2.45) is 0 Å². The topological polar surface area (TPSA) is 59.1 Å². The molecule has 6 heteroatoms. The SMILES string of the molecule is COC(=O)C1=C(C)N(Cc2ccc(OC)cc2)C(=O)/C1=C\c1ccc(N(C)C)cc1. The summed E-state index contributed by atoms with van der Waals surface area (Å²) < 4.78 is 10.1. The first-order valence-electron chi connectivity index (χ1n) is 9.59. The second-order valence-corrected chi connectivity index (χ2v) is 7.24. The standard InChI is InChI=1S/C24H26N2O4/c1-16-22(24(28)30-5)21(14-17-6-10-19(11-7-17)25(2)3)23(27)26(16)15-18-8-12-20(29-4)13-9-18/h6-14H,15H2,1-5H3/b21-14-. The number of carbonyl (C=O) groups is 2. The monoisotopic (exact) mass is 406 g/mol. The fraction of sp³-hybridized carbons (Fsp3) is 0.250. The third kappa shape index (κ3) is 4.22. The van der Waals surface area contributed by atoms with Crippen molar-refractivity contribution in [2.45, 2.75) is 13.5 Å². The molecule has 0 spiro atoms. The summed E-state index contributed by atoms with van der Waals surface area (Å²) in [4.78, 5) is 29.3. The van der Waals surface area contributed by atoms with Gasteiger partial charge < -0.3 is 19.3 Å². The van der Waals surface area contributed by atoms with Gasteiger partial charge in [0.1, 0.15) is 5.75 Å². The highest BCUT2D eigenvalue weighted by Gasteiger charge is 2.36. The van der Waals surface area contributed by atoms with Gasteiger partial charge in [-0.3, -0.25) is 4.79 Å². The Bertz CT molecular complexity index is 1000. The van der Waals surface area contributed by atoms with Crippen molar-refractivity contribution in [3.8, 4) is 5.75 Å². The summed E-state index contributed by atoms with van der Waals surface area (Å²) in [6, 6.07) is 15.3. The molecule has 0 unspecified atom stereocenters. The van der Waals surface area contributed by atoms with Crippen LogP contribution in [0.4, 0.5) is 5.69 Å². The van der Waals surface area contributed by atoms with Gasteiger partial charge >= 0.3 is 5.97 Å². The molecule has 1 heterocycles. The lowest BCUT2D eigenvalue weighted by atomic mass is 10.0. The van der Waals surface area contributed by atoms with Gasteiger partial charge in [-0.05, 0) is 48.4 Å². The van der Waals surface area contributed by atoms with E-state index in [0.717, 1.165) is 22.6 Å². The van der Waals surface area contributed by atoms with Gasteiger partial charge in [0.15, 0.2) is 0 Å². The fourth-order valence-electron chi connectivity index (χ4n) is 3.37. The second-order valence-electron chi connectivity index (χ2n) is 7.24. The molecule has 3 rings (SSSR count). The molecule has 1 amide bonds. The van der Waals surface area contributed by atoms with Crippen molar-refractivity contribution in [1.82, 2.24) is 4.90 Å². The van der Waals surface area contributed by atoms with Crippen LogP contribution in [0.3, 0.4) is 0 Å². The van der Waals surface area contributed by atoms with Gasteiger partial charge in [-0.1, -0.05) is 24.3 Å². The number of allylic oxidation sites excluding steroid dienone is 1. The van der Waals surface area contributed by atoms with Gasteiger partial charge in [0, 0.05) is 25.5 Å². The highest BCUT2D eigenvalue weighted by Crippen LogP contribution is 2.33. The Balaban J connectivity index is 1.96. The van der Waals surface area contributed by atoms with E-state index in [9.17, 15) is 9.59 Å². The number of hydrogen-bond donors (Lipinski definition) is 0. The fourth-order valence-corrected chi connectivity index (χ4v) is 3.37. The molecule has 0 bridgehead atoms. The summed E-state index contributed by atoms with van der Waals surface area (Å²) in [6.45, 7) is 2.12. The number of anilines is 1. The summed E-state index contributed by atoms with van der Waals surface area (Å²) in [5.41, 5.74) is 4.04. The highest BCUT2D eigenvalue weighted by atomic mass is 16.5. The molecule has 0 saturated heterocycles. The molecule has 2 aromatic carbocycles. The zero-order chi connectivity index (χ0) is 21.8. The first-order valence-corrected chi connectivity index (χ1v) is 9.59. The summed E-state index contributed by atoms with van der Waals surface area (Å²) in [5, 5.41) is 0. The van der Waals surface area contributed by atoms with Gasteiger partial charge in [0.25, 0.3) is 5.91 Å². The molecule has 0 atom stereocenters. The molecule has 0 fully saturated rings. The van der Waals surface area contributed by atoms with E-state index in [1.54, 1.807) is 25.0 Å². The van der Waals surface area contributed by atoms with E-state index in [-0.39, 0.29) is 5.91 Å². The molecular weight excluding hydrogens is 380 g/mol. The van der Waals surface area contributed by atoms with Crippen LogP contribution in [0, 0.1) is 0 Å². The lowest BCUT2D eigenvalue weighted by Crippen LogP contribution is -2.24. The van der Waals surface area contributed by atoms with Crippen LogP contribution in [-0.4, -0.2) is 45.1 Å². The molecule has 0 aromatic heterocycles. The summed E-state index contributed by atoms with van der Waals surface area (Å²) in [6.07, 6.45) is 1.74. The van der Waals surface area contributed by atoms with Crippen LogP contribution in [-0.2, 0) is 20.9 Å². The Hall–Kier alpha value is -3.54. The minimum atomic E-state index is -0.519. The Morgan fingerprint density at radius 2 is 1.67 bits per heavy atom. The zero-order valence-electron chi connectivity index (χ0n) is 17.9. The van der Waals surface area contributed by atoms with Crippen LogP contribution >= 0.6 is 0 Å². The zero-order valence-corrected chi connectivity index (χ0v) is 17.9. The van der Waals surface area contributed by atoms with E-state index < -0.39 is 5.97 Å². The van der Waals surface area contributed by atoms with Crippen LogP contribution in [0.15, 0.2) is 65.4 Å². The third-order valence-corrected chi connectivity index (χ3v) is 5.12. The van der Waals surface area contributed by atoms with Gasteiger partial charge in [0.05, 0.1) is 31.9 Å². The molecule has 1 aliphatic heterocycles. The summed E-state index contributed by atoms with van der Waals surface area (Å²) in [5.74, 6) is 0.00501. The number of amides is 1. The minimum absolute atomic E-state index is 0.222. The maximum Gasteiger partial charge on any atom is 0.340 e. The van der Waals surface area contributed by atoms with Crippen molar-refractivity contribution in [2.75, 3.05) is 33.2 Å². The van der Waals surface area contributed by atoms with Crippen LogP contribution < -0.4 is 9.64 Å². The van der Waals surface area contributed by atoms with E-state index in [1.165, 1.54) is 7.11 Å². The molecule has 0 aliphatic carbocycles. The molecular formula is C24H26N2O4. The maximum absolute atomic E-state index is 13.2. The molecule has 1 aliphatic rings. The van der Waals surface area contributed by atoms with Crippen LogP contribution in [0.25, 0.3) is 6.08 Å². The van der Waals surface area contributed by atoms with Crippen LogP contribution in [0.2, 0.25) is 0 Å². The largest absolute Gasteiger partial charge is 0.497 e. The van der Waals surface area contributed by atoms with Gasteiger partial charge in [-0.25, -0.2) is 4.79 Å². The van der Waals surface area contributed by atoms with Crippen molar-refractivity contribution >= 4 is 23.6 Å². The lowest BCUT2D eigenvalue weighted by Gasteiger charge is -2.18. The number of benzene rings is 2. The van der Waals surface area contributed by atoms with E-state index in [0.29, 0.717) is 23.4 Å². The van der Waals surface area contributed by atoms with Crippen molar-refractivity contribution in [3.05, 3.63) is 76.5 Å². The second kappa shape index (κ2) is 8.86. The quantitative estimate of drug-likeness (QED) is 0.542. The van der Waals surface area contributed by atoms with Gasteiger partial charge in [0.2, 0.25) is 0 Å². The number of nitrogens with zero attached hydrogens (tertiary/aromatic N) is 2. The van der Waals surface area contributed by atoms with E-state index in [4.69, 9.17) is 9.47 Å². The molecule has 0 N–H and O–H groups in total. The Morgan fingerprint density at radius 3 is 2.20 bits per heavy atom. The van der Waals surface area contributed by atoms with Gasteiger partial charge in [-0.15, -0.1) is 0 Å². The Morgan fingerprint density at radius 1 is 1.03 bits per heavy atom. The third-order valence-electron chi connectivity index (χ3n) is 5.12. The Labute approximate surface area is 177 Å². The van der Waals surface area contributed by atoms with E-state index in [1.807, 2.05) is 67.5 Å². The molecule has 6 nitrogen and oxygen atoms in total. The first-order chi connectivity index (χ1) is 14.3. The number of rotatable bonds is 6. The predicted octanol–water partition coefficient (Wildman–Crippen LogP) is 3.63. The average Bonchev–Trinajstić information content (AvgIpc) is 2.98. The van der Waals surface area contributed by atoms with E-state index in [2.05, 4.69) is 0 Å². The molecule has 0 saturated carbocycles. The number of methoxy groups -OCH3 is 2. The first kappa shape index (κ1) is 21.2. The number of hydrogen-bond acceptors (Lipinski definition) is 5. The molecule has 156 valence electrons. The summed E-state index contributed by atoms with van der Waals surface area (Å²) in [7, 11) is 6.86. The van der Waals surface area contributed by atoms with E-state index >= 15 is 0 Å². The maximum atomic E-state index is 13.2. The lowest BCUT2D eigenvalue weighted by molar-refractivity contribution is -0.136. The summed E-state index contributed by atoms with van der Waals surface area (Å²) >= 11 is 0. The normalized spacial score (nSPS) is 15.0. The van der Waals surface area contributed by atoms with Crippen LogP contribution in [0.1, 0.15) is 18.1 Å². The number of carbonyl (C=O) groups excluding carboxylic acids is 2. The average molecular weight is 406 g/mol. The number of esters is 1. The highest BCUT2D eigenvalue weighted by molar-refractivity contribution is 6.16. The Kier molecular flexibility index (Phi) is 6.26. The molecule has 0 radical (unpaired) electrons. The van der Waals surface area contributed by atoms with Gasteiger partial charge in [-0.2, -0.15) is 0 Å². The minimum Gasteiger partial charge on any atom is -0.497 e. The molecule has 2 aromatic rings. The van der Waals surface area contributed by atoms with Crippen LogP contribution in [0.5, 0.6) is 5.75 Å². The number of ether oxygens (including phenoxy) is 2. The molecule has 30 heavy (non-hydrogen) atoms. The predicted molar refractivity (Wildman–Crippen MR) is 117 cm³/mol. The van der Waals surface area contributed by atoms with Crippen molar-refractivity contribution in [1.29, 1.82) is 0 Å². The van der Waals surface area contributed by atoms with Crippen molar-refractivity contribution in [3.63, 3.8) is 0 Å². The van der Waals surface area contributed by atoms with Crippen molar-refractivity contribution < 1.29 is 19.1 Å².